The summed E-state index contributed by atoms with van der Waals surface area (Å²) in [6.45, 7) is 2.60. The molecule has 3 aliphatic rings. The summed E-state index contributed by atoms with van der Waals surface area (Å²) in [7, 11) is 0. The van der Waals surface area contributed by atoms with Gasteiger partial charge in [0.1, 0.15) is 11.6 Å². The fourth-order valence-electron chi connectivity index (χ4n) is 4.88. The van der Waals surface area contributed by atoms with Crippen molar-refractivity contribution in [2.45, 2.75) is 38.3 Å². The molecule has 1 aliphatic carbocycles. The molecule has 6 rings (SSSR count). The Bertz CT molecular complexity index is 1160. The zero-order valence-electron chi connectivity index (χ0n) is 17.6. The Morgan fingerprint density at radius 3 is 2.75 bits per heavy atom. The summed E-state index contributed by atoms with van der Waals surface area (Å²) in [6, 6.07) is 7.78. The van der Waals surface area contributed by atoms with E-state index in [9.17, 15) is 9.18 Å². The molecule has 3 fully saturated rings. The maximum absolute atomic E-state index is 14.2. The third kappa shape index (κ3) is 3.93. The summed E-state index contributed by atoms with van der Waals surface area (Å²) in [5, 5.41) is 4.03. The predicted molar refractivity (Wildman–Crippen MR) is 121 cm³/mol. The zero-order chi connectivity index (χ0) is 22.2. The van der Waals surface area contributed by atoms with E-state index in [0.29, 0.717) is 34.7 Å². The average Bonchev–Trinajstić information content (AvgIpc) is 2.81. The van der Waals surface area contributed by atoms with Crippen molar-refractivity contribution in [2.75, 3.05) is 11.9 Å². The van der Waals surface area contributed by atoms with Crippen LogP contribution in [0.25, 0.3) is 11.4 Å². The van der Waals surface area contributed by atoms with Crippen LogP contribution in [-0.4, -0.2) is 44.4 Å². The molecule has 32 heavy (non-hydrogen) atoms. The Labute approximate surface area is 190 Å². The van der Waals surface area contributed by atoms with E-state index in [-0.39, 0.29) is 23.6 Å². The molecule has 1 saturated carbocycles. The van der Waals surface area contributed by atoms with E-state index < -0.39 is 5.82 Å². The maximum Gasteiger partial charge on any atom is 0.255 e. The van der Waals surface area contributed by atoms with E-state index in [2.05, 4.69) is 20.3 Å². The molecular weight excluding hydrogens is 429 g/mol. The predicted octanol–water partition coefficient (Wildman–Crippen LogP) is 4.74. The van der Waals surface area contributed by atoms with Crippen molar-refractivity contribution in [3.63, 3.8) is 0 Å². The van der Waals surface area contributed by atoms with Crippen LogP contribution in [0.5, 0.6) is 0 Å². The van der Waals surface area contributed by atoms with Gasteiger partial charge in [-0.15, -0.1) is 0 Å². The lowest BCUT2D eigenvalue weighted by Gasteiger charge is -2.50. The molecule has 0 radical (unpaired) electrons. The van der Waals surface area contributed by atoms with Crippen molar-refractivity contribution in [2.24, 2.45) is 5.92 Å². The lowest BCUT2D eigenvalue weighted by atomic mass is 9.76. The van der Waals surface area contributed by atoms with Crippen LogP contribution in [0.15, 0.2) is 48.9 Å². The van der Waals surface area contributed by atoms with Crippen LogP contribution in [0.2, 0.25) is 5.02 Å². The van der Waals surface area contributed by atoms with E-state index in [1.807, 2.05) is 17.9 Å². The van der Waals surface area contributed by atoms with Gasteiger partial charge < -0.3 is 10.2 Å². The number of aryl methyl sites for hydroxylation is 1. The van der Waals surface area contributed by atoms with Crippen LogP contribution in [0.4, 0.5) is 10.2 Å². The van der Waals surface area contributed by atoms with Crippen LogP contribution >= 0.6 is 11.6 Å². The lowest BCUT2D eigenvalue weighted by Crippen LogP contribution is -2.59. The van der Waals surface area contributed by atoms with Gasteiger partial charge in [0.2, 0.25) is 0 Å². The van der Waals surface area contributed by atoms with Crippen molar-refractivity contribution in [3.05, 3.63) is 70.9 Å². The highest BCUT2D eigenvalue weighted by atomic mass is 35.5. The van der Waals surface area contributed by atoms with Crippen LogP contribution in [0, 0.1) is 18.7 Å². The molecule has 1 amide bonds. The smallest absolute Gasteiger partial charge is 0.255 e. The second-order valence-electron chi connectivity index (χ2n) is 8.56. The topological polar surface area (TPSA) is 71.0 Å². The number of halogens is 2. The minimum absolute atomic E-state index is 0.0283. The normalized spacial score (nSPS) is 22.1. The Kier molecular flexibility index (Phi) is 5.51. The SMILES string of the molecule is Cc1cnc(NC2CC3CCC2N(C(=O)c2cc(F)ccc2-c2ncccn2)C3)c(Cl)c1. The summed E-state index contributed by atoms with van der Waals surface area (Å²) in [5.74, 6) is 0.752. The Morgan fingerprint density at radius 2 is 2.00 bits per heavy atom. The molecule has 6 nitrogen and oxygen atoms in total. The van der Waals surface area contributed by atoms with E-state index in [1.54, 1.807) is 30.7 Å². The summed E-state index contributed by atoms with van der Waals surface area (Å²) in [5.41, 5.74) is 1.81. The number of aromatic nitrogens is 3. The van der Waals surface area contributed by atoms with Gasteiger partial charge in [-0.2, -0.15) is 0 Å². The Balaban J connectivity index is 1.45. The third-order valence-electron chi connectivity index (χ3n) is 6.36. The highest BCUT2D eigenvalue weighted by Gasteiger charge is 2.43. The van der Waals surface area contributed by atoms with Crippen LogP contribution in [0.1, 0.15) is 35.2 Å². The zero-order valence-corrected chi connectivity index (χ0v) is 18.4. The first-order valence-electron chi connectivity index (χ1n) is 10.8. The molecule has 1 aromatic carbocycles. The summed E-state index contributed by atoms with van der Waals surface area (Å²) in [4.78, 5) is 28.5. The van der Waals surface area contributed by atoms with E-state index >= 15 is 0 Å². The number of rotatable bonds is 4. The molecule has 3 aromatic rings. The largest absolute Gasteiger partial charge is 0.364 e. The highest BCUT2D eigenvalue weighted by Crippen LogP contribution is 2.39. The first-order valence-corrected chi connectivity index (χ1v) is 11.1. The number of nitrogens with zero attached hydrogens (tertiary/aromatic N) is 4. The van der Waals surface area contributed by atoms with Crippen LogP contribution < -0.4 is 5.32 Å². The molecule has 0 spiro atoms. The van der Waals surface area contributed by atoms with Gasteiger partial charge in [0, 0.05) is 36.7 Å². The first-order chi connectivity index (χ1) is 15.5. The van der Waals surface area contributed by atoms with E-state index in [1.165, 1.54) is 12.1 Å². The number of fused-ring (bicyclic) bond motifs is 3. The highest BCUT2D eigenvalue weighted by molar-refractivity contribution is 6.33. The second kappa shape index (κ2) is 8.47. The van der Waals surface area contributed by atoms with Gasteiger partial charge in [-0.1, -0.05) is 11.6 Å². The number of anilines is 1. The van der Waals surface area contributed by atoms with E-state index in [4.69, 9.17) is 11.6 Å². The summed E-state index contributed by atoms with van der Waals surface area (Å²) in [6.07, 6.45) is 7.89. The van der Waals surface area contributed by atoms with Crippen molar-refractivity contribution >= 4 is 23.3 Å². The van der Waals surface area contributed by atoms with Crippen molar-refractivity contribution in [3.8, 4) is 11.4 Å². The molecule has 164 valence electrons. The van der Waals surface area contributed by atoms with Crippen molar-refractivity contribution < 1.29 is 9.18 Å². The average molecular weight is 452 g/mol. The van der Waals surface area contributed by atoms with Crippen molar-refractivity contribution in [1.82, 2.24) is 19.9 Å². The number of piperidine rings is 2. The molecule has 4 heterocycles. The molecular formula is C24H23ClFN5O. The third-order valence-corrected chi connectivity index (χ3v) is 6.65. The number of pyridine rings is 1. The number of benzene rings is 1. The number of carbonyl (C=O) groups is 1. The van der Waals surface area contributed by atoms with Gasteiger partial charge in [0.15, 0.2) is 5.82 Å². The first kappa shape index (κ1) is 20.8. The summed E-state index contributed by atoms with van der Waals surface area (Å²) >= 11 is 6.39. The maximum atomic E-state index is 14.2. The number of amides is 1. The Morgan fingerprint density at radius 1 is 1.19 bits per heavy atom. The van der Waals surface area contributed by atoms with E-state index in [0.717, 1.165) is 24.8 Å². The van der Waals surface area contributed by atoms with Crippen LogP contribution in [0.3, 0.4) is 0 Å². The Hall–Kier alpha value is -3.06. The van der Waals surface area contributed by atoms with Gasteiger partial charge in [0.25, 0.3) is 5.91 Å². The fourth-order valence-corrected chi connectivity index (χ4v) is 5.15. The standard InChI is InChI=1S/C24H23ClFN5O/c1-14-9-19(25)23(29-12-14)30-20-10-15-3-6-21(20)31(13-15)24(32)18-11-16(26)4-5-17(18)22-27-7-2-8-28-22/h2,4-5,7-9,11-12,15,20-21H,3,6,10,13H2,1H3,(H,29,30). The minimum Gasteiger partial charge on any atom is -0.364 e. The monoisotopic (exact) mass is 451 g/mol. The van der Waals surface area contributed by atoms with Gasteiger partial charge in [-0.25, -0.2) is 19.3 Å². The van der Waals surface area contributed by atoms with Gasteiger partial charge in [0.05, 0.1) is 16.6 Å². The van der Waals surface area contributed by atoms with Crippen LogP contribution in [-0.2, 0) is 0 Å². The molecule has 3 unspecified atom stereocenters. The number of nitrogens with one attached hydrogen (secondary N) is 1. The minimum atomic E-state index is -0.458. The fraction of sp³-hybridized carbons (Fsp3) is 0.333. The molecule has 2 bridgehead atoms. The van der Waals surface area contributed by atoms with Gasteiger partial charge in [-0.3, -0.25) is 4.79 Å². The molecule has 8 heteroatoms. The van der Waals surface area contributed by atoms with Gasteiger partial charge in [-0.05, 0) is 68.0 Å². The lowest BCUT2D eigenvalue weighted by molar-refractivity contribution is 0.0282. The molecule has 1 N–H and O–H groups in total. The summed E-state index contributed by atoms with van der Waals surface area (Å²) < 4.78 is 14.2. The number of hydrogen-bond donors (Lipinski definition) is 1. The molecule has 2 aromatic heterocycles. The molecule has 2 saturated heterocycles. The van der Waals surface area contributed by atoms with Gasteiger partial charge >= 0.3 is 0 Å². The molecule has 3 atom stereocenters. The second-order valence-corrected chi connectivity index (χ2v) is 8.97. The quantitative estimate of drug-likeness (QED) is 0.620. The molecule has 2 aliphatic heterocycles. The number of carbonyl (C=O) groups excluding carboxylic acids is 1. The number of hydrogen-bond acceptors (Lipinski definition) is 5. The van der Waals surface area contributed by atoms with Crippen molar-refractivity contribution in [1.29, 1.82) is 0 Å².